The highest BCUT2D eigenvalue weighted by Gasteiger charge is 2.31. The fourth-order valence-electron chi connectivity index (χ4n) is 1.19. The maximum atomic E-state index is 11.9. The molecule has 3 nitrogen and oxygen atoms in total. The van der Waals surface area contributed by atoms with E-state index in [1.807, 2.05) is 0 Å². The summed E-state index contributed by atoms with van der Waals surface area (Å²) in [5.74, 6) is -0.352. The van der Waals surface area contributed by atoms with Gasteiger partial charge < -0.3 is 15.6 Å². The first-order valence-electron chi connectivity index (χ1n) is 4.85. The van der Waals surface area contributed by atoms with Gasteiger partial charge in [-0.25, -0.2) is 0 Å². The molecule has 0 aliphatic heterocycles. The largest absolute Gasteiger partial charge is 0.573 e. The summed E-state index contributed by atoms with van der Waals surface area (Å²) in [6.45, 7) is 0.00563. The molecule has 0 aliphatic carbocycles. The predicted molar refractivity (Wildman–Crippen MR) is 58.3 cm³/mol. The van der Waals surface area contributed by atoms with E-state index in [0.717, 1.165) is 6.07 Å². The Bertz CT molecular complexity index is 402. The SMILES string of the molecule is Nc1cc(OC(F)(F)F)ccc1C=CCCO. The lowest BCUT2D eigenvalue weighted by Crippen LogP contribution is -2.17. The molecule has 0 aliphatic rings. The van der Waals surface area contributed by atoms with Gasteiger partial charge in [0.2, 0.25) is 0 Å². The van der Waals surface area contributed by atoms with Crippen LogP contribution in [-0.2, 0) is 0 Å². The second-order valence-corrected chi connectivity index (χ2v) is 3.25. The smallest absolute Gasteiger partial charge is 0.406 e. The topological polar surface area (TPSA) is 55.5 Å². The molecule has 1 aromatic rings. The number of nitrogens with two attached hydrogens (primary N) is 1. The van der Waals surface area contributed by atoms with Gasteiger partial charge in [-0.1, -0.05) is 12.2 Å². The fraction of sp³-hybridized carbons (Fsp3) is 0.273. The summed E-state index contributed by atoms with van der Waals surface area (Å²) >= 11 is 0. The van der Waals surface area contributed by atoms with Crippen LogP contribution in [0.3, 0.4) is 0 Å². The Balaban J connectivity index is 2.79. The van der Waals surface area contributed by atoms with Gasteiger partial charge in [0.1, 0.15) is 5.75 Å². The van der Waals surface area contributed by atoms with Crippen molar-refractivity contribution in [1.82, 2.24) is 0 Å². The van der Waals surface area contributed by atoms with Gasteiger partial charge in [-0.2, -0.15) is 0 Å². The molecule has 6 heteroatoms. The van der Waals surface area contributed by atoms with Crippen LogP contribution in [0.1, 0.15) is 12.0 Å². The number of nitrogen functional groups attached to an aromatic ring is 1. The molecule has 0 radical (unpaired) electrons. The Kier molecular flexibility index (Phi) is 4.39. The molecule has 94 valence electrons. The Labute approximate surface area is 96.3 Å². The van der Waals surface area contributed by atoms with E-state index in [-0.39, 0.29) is 18.0 Å². The van der Waals surface area contributed by atoms with E-state index in [2.05, 4.69) is 4.74 Å². The molecule has 0 fully saturated rings. The summed E-state index contributed by atoms with van der Waals surface area (Å²) in [5.41, 5.74) is 6.32. The van der Waals surface area contributed by atoms with Gasteiger partial charge in [0.15, 0.2) is 0 Å². The van der Waals surface area contributed by atoms with Crippen molar-refractivity contribution in [3.63, 3.8) is 0 Å². The molecule has 0 saturated heterocycles. The predicted octanol–water partition coefficient (Wildman–Crippen LogP) is 2.56. The maximum absolute atomic E-state index is 11.9. The third-order valence-electron chi connectivity index (χ3n) is 1.89. The van der Waals surface area contributed by atoms with E-state index in [1.165, 1.54) is 12.1 Å². The quantitative estimate of drug-likeness (QED) is 0.804. The Morgan fingerprint density at radius 3 is 2.59 bits per heavy atom. The minimum atomic E-state index is -4.72. The molecule has 0 saturated carbocycles. The van der Waals surface area contributed by atoms with E-state index in [4.69, 9.17) is 10.8 Å². The molecule has 0 spiro atoms. The highest BCUT2D eigenvalue weighted by molar-refractivity contribution is 5.66. The third-order valence-corrected chi connectivity index (χ3v) is 1.89. The Morgan fingerprint density at radius 2 is 2.06 bits per heavy atom. The van der Waals surface area contributed by atoms with Crippen molar-refractivity contribution in [2.45, 2.75) is 12.8 Å². The Hall–Kier alpha value is -1.69. The molecule has 0 aromatic heterocycles. The van der Waals surface area contributed by atoms with Gasteiger partial charge in [-0.15, -0.1) is 13.2 Å². The summed E-state index contributed by atoms with van der Waals surface area (Å²) in [6.07, 6.45) is -0.959. The number of aliphatic hydroxyl groups is 1. The van der Waals surface area contributed by atoms with Gasteiger partial charge in [0.25, 0.3) is 0 Å². The lowest BCUT2D eigenvalue weighted by Gasteiger charge is -2.10. The van der Waals surface area contributed by atoms with Crippen LogP contribution in [0.2, 0.25) is 0 Å². The first-order valence-corrected chi connectivity index (χ1v) is 4.85. The molecule has 0 unspecified atom stereocenters. The van der Waals surface area contributed by atoms with Crippen LogP contribution in [0, 0.1) is 0 Å². The number of halogens is 3. The van der Waals surface area contributed by atoms with Crippen LogP contribution < -0.4 is 10.5 Å². The average molecular weight is 247 g/mol. The van der Waals surface area contributed by atoms with Crippen molar-refractivity contribution in [3.05, 3.63) is 29.8 Å². The standard InChI is InChI=1S/C11H12F3NO2/c12-11(13,14)17-9-5-4-8(10(15)7-9)3-1-2-6-16/h1,3-5,7,16H,2,6,15H2. The van der Waals surface area contributed by atoms with Crippen LogP contribution in [0.5, 0.6) is 5.75 Å². The summed E-state index contributed by atoms with van der Waals surface area (Å²) < 4.78 is 39.5. The summed E-state index contributed by atoms with van der Waals surface area (Å²) in [6, 6.07) is 3.71. The maximum Gasteiger partial charge on any atom is 0.573 e. The molecule has 17 heavy (non-hydrogen) atoms. The molecular weight excluding hydrogens is 235 g/mol. The number of rotatable bonds is 4. The number of anilines is 1. The van der Waals surface area contributed by atoms with Crippen LogP contribution >= 0.6 is 0 Å². The van der Waals surface area contributed by atoms with Crippen LogP contribution in [0.4, 0.5) is 18.9 Å². The first-order chi connectivity index (χ1) is 7.92. The summed E-state index contributed by atoms with van der Waals surface area (Å²) in [5, 5.41) is 8.56. The number of hydrogen-bond acceptors (Lipinski definition) is 3. The molecule has 1 rings (SSSR count). The van der Waals surface area contributed by atoms with E-state index in [0.29, 0.717) is 12.0 Å². The highest BCUT2D eigenvalue weighted by Crippen LogP contribution is 2.26. The second kappa shape index (κ2) is 5.58. The zero-order chi connectivity index (χ0) is 12.9. The summed E-state index contributed by atoms with van der Waals surface area (Å²) in [7, 11) is 0. The normalized spacial score (nSPS) is 12.0. The molecule has 0 atom stereocenters. The molecule has 3 N–H and O–H groups in total. The van der Waals surface area contributed by atoms with E-state index in [9.17, 15) is 13.2 Å². The average Bonchev–Trinajstić information content (AvgIpc) is 2.19. The van der Waals surface area contributed by atoms with Crippen molar-refractivity contribution in [2.75, 3.05) is 12.3 Å². The van der Waals surface area contributed by atoms with E-state index < -0.39 is 6.36 Å². The van der Waals surface area contributed by atoms with Crippen molar-refractivity contribution in [3.8, 4) is 5.75 Å². The van der Waals surface area contributed by atoms with Crippen molar-refractivity contribution in [2.24, 2.45) is 0 Å². The minimum absolute atomic E-state index is 0.00563. The molecular formula is C11H12F3NO2. The van der Waals surface area contributed by atoms with E-state index >= 15 is 0 Å². The van der Waals surface area contributed by atoms with Gasteiger partial charge in [-0.3, -0.25) is 0 Å². The number of ether oxygens (including phenoxy) is 1. The van der Waals surface area contributed by atoms with Gasteiger partial charge in [0, 0.05) is 18.4 Å². The number of benzene rings is 1. The van der Waals surface area contributed by atoms with Crippen LogP contribution in [0.25, 0.3) is 6.08 Å². The van der Waals surface area contributed by atoms with Crippen LogP contribution in [0.15, 0.2) is 24.3 Å². The van der Waals surface area contributed by atoms with Gasteiger partial charge >= 0.3 is 6.36 Å². The fourth-order valence-corrected chi connectivity index (χ4v) is 1.19. The molecule has 1 aromatic carbocycles. The van der Waals surface area contributed by atoms with Gasteiger partial charge in [0.05, 0.1) is 0 Å². The third kappa shape index (κ3) is 4.78. The monoisotopic (exact) mass is 247 g/mol. The minimum Gasteiger partial charge on any atom is -0.406 e. The lowest BCUT2D eigenvalue weighted by atomic mass is 10.1. The van der Waals surface area contributed by atoms with Crippen molar-refractivity contribution in [1.29, 1.82) is 0 Å². The molecule has 0 bridgehead atoms. The van der Waals surface area contributed by atoms with Crippen molar-refractivity contribution < 1.29 is 23.0 Å². The Morgan fingerprint density at radius 1 is 1.35 bits per heavy atom. The van der Waals surface area contributed by atoms with E-state index in [1.54, 1.807) is 12.2 Å². The highest BCUT2D eigenvalue weighted by atomic mass is 19.4. The first kappa shape index (κ1) is 13.4. The van der Waals surface area contributed by atoms with Gasteiger partial charge in [-0.05, 0) is 24.1 Å². The number of alkyl halides is 3. The summed E-state index contributed by atoms with van der Waals surface area (Å²) in [4.78, 5) is 0. The number of aliphatic hydroxyl groups excluding tert-OH is 1. The van der Waals surface area contributed by atoms with Crippen LogP contribution in [-0.4, -0.2) is 18.1 Å². The zero-order valence-corrected chi connectivity index (χ0v) is 8.87. The second-order valence-electron chi connectivity index (χ2n) is 3.25. The zero-order valence-electron chi connectivity index (χ0n) is 8.87. The molecule has 0 amide bonds. The lowest BCUT2D eigenvalue weighted by molar-refractivity contribution is -0.274. The molecule has 0 heterocycles. The number of hydrogen-bond donors (Lipinski definition) is 2. The van der Waals surface area contributed by atoms with Crippen molar-refractivity contribution >= 4 is 11.8 Å².